The van der Waals surface area contributed by atoms with Crippen molar-refractivity contribution >= 4 is 5.91 Å². The van der Waals surface area contributed by atoms with Crippen molar-refractivity contribution in [2.45, 2.75) is 94.5 Å². The number of carbonyl (C=O) groups is 1. The van der Waals surface area contributed by atoms with Crippen LogP contribution in [0.5, 0.6) is 5.75 Å². The predicted molar refractivity (Wildman–Crippen MR) is 157 cm³/mol. The van der Waals surface area contributed by atoms with E-state index in [2.05, 4.69) is 65.3 Å². The molecule has 5 aliphatic rings. The molecule has 1 aliphatic carbocycles. The molecule has 41 heavy (non-hydrogen) atoms. The van der Waals surface area contributed by atoms with Gasteiger partial charge < -0.3 is 19.3 Å². The standard InChI is InChI=1S/C32H46N6O3/c1-4-29(39)38-18-17-37(20-23(38)12-15-33)30-26-11-14-32(13-10-25-22(2)7-5-9-28(25)41-32)19-27(26)34-31(35-30)40-21-24-8-6-16-36(24)3/h4-5,7,9,23-24,26-27,30-31,34-35H,1,6,8,10-14,16-21H2,2-3H3/t23?,24?,26?,27?,30?,31?,32-/m0/s1. The Morgan fingerprint density at radius 3 is 2.90 bits per heavy atom. The van der Waals surface area contributed by atoms with E-state index in [-0.39, 0.29) is 36.1 Å². The molecule has 9 heteroatoms. The number of benzene rings is 1. The van der Waals surface area contributed by atoms with Gasteiger partial charge in [0.15, 0.2) is 6.35 Å². The van der Waals surface area contributed by atoms with Crippen molar-refractivity contribution in [1.82, 2.24) is 25.3 Å². The van der Waals surface area contributed by atoms with E-state index in [1.165, 1.54) is 30.0 Å². The molecule has 1 spiro atoms. The zero-order chi connectivity index (χ0) is 28.6. The second-order valence-corrected chi connectivity index (χ2v) is 12.9. The number of likely N-dealkylation sites (N-methyl/N-ethyl adjacent to an activating group) is 1. The number of nitrogens with zero attached hydrogens (tertiary/aromatic N) is 4. The van der Waals surface area contributed by atoms with Crippen LogP contribution in [-0.4, -0.2) is 96.7 Å². The minimum atomic E-state index is -0.259. The van der Waals surface area contributed by atoms with E-state index in [0.29, 0.717) is 38.1 Å². The summed E-state index contributed by atoms with van der Waals surface area (Å²) in [5, 5.41) is 17.2. The molecule has 4 aliphatic heterocycles. The van der Waals surface area contributed by atoms with E-state index in [0.717, 1.165) is 50.9 Å². The Morgan fingerprint density at radius 2 is 2.12 bits per heavy atom. The number of ether oxygens (including phenoxy) is 2. The Bertz CT molecular complexity index is 1170. The summed E-state index contributed by atoms with van der Waals surface area (Å²) in [4.78, 5) is 19.2. The number of nitrogens with one attached hydrogen (secondary N) is 2. The van der Waals surface area contributed by atoms with Gasteiger partial charge in [0.25, 0.3) is 0 Å². The predicted octanol–water partition coefficient (Wildman–Crippen LogP) is 2.75. The zero-order valence-electron chi connectivity index (χ0n) is 24.7. The average Bonchev–Trinajstić information content (AvgIpc) is 3.39. The topological polar surface area (TPSA) is 93.1 Å². The molecule has 1 saturated carbocycles. The van der Waals surface area contributed by atoms with Crippen LogP contribution >= 0.6 is 0 Å². The van der Waals surface area contributed by atoms with Crippen LogP contribution in [0.15, 0.2) is 30.9 Å². The lowest BCUT2D eigenvalue weighted by atomic mass is 9.70. The third kappa shape index (κ3) is 5.78. The van der Waals surface area contributed by atoms with Crippen LogP contribution in [0.3, 0.4) is 0 Å². The molecule has 222 valence electrons. The summed E-state index contributed by atoms with van der Waals surface area (Å²) in [6.45, 7) is 9.71. The Kier molecular flexibility index (Phi) is 8.39. The van der Waals surface area contributed by atoms with E-state index in [4.69, 9.17) is 9.47 Å². The molecule has 0 bridgehead atoms. The molecular formula is C32H46N6O3. The molecule has 1 aromatic rings. The van der Waals surface area contributed by atoms with Crippen molar-refractivity contribution in [2.75, 3.05) is 39.8 Å². The molecular weight excluding hydrogens is 516 g/mol. The number of amides is 1. The third-order valence-electron chi connectivity index (χ3n) is 10.5. The fourth-order valence-electron chi connectivity index (χ4n) is 8.10. The van der Waals surface area contributed by atoms with Crippen LogP contribution in [0.4, 0.5) is 0 Å². The number of likely N-dealkylation sites (tertiary alicyclic amines) is 1. The minimum Gasteiger partial charge on any atom is -0.487 e. The Morgan fingerprint density at radius 1 is 1.24 bits per heavy atom. The fourth-order valence-corrected chi connectivity index (χ4v) is 8.10. The molecule has 7 atom stereocenters. The number of nitriles is 1. The third-order valence-corrected chi connectivity index (χ3v) is 10.5. The summed E-state index contributed by atoms with van der Waals surface area (Å²) in [6.07, 6.45) is 9.04. The first-order chi connectivity index (χ1) is 19.9. The van der Waals surface area contributed by atoms with Crippen molar-refractivity contribution < 1.29 is 14.3 Å². The van der Waals surface area contributed by atoms with E-state index in [1.807, 2.05) is 4.90 Å². The summed E-state index contributed by atoms with van der Waals surface area (Å²) in [7, 11) is 2.19. The number of hydrogen-bond donors (Lipinski definition) is 2. The summed E-state index contributed by atoms with van der Waals surface area (Å²) in [5.41, 5.74) is 2.51. The SMILES string of the molecule is C=CC(=O)N1CCN(C2NC(OCC3CCCN3C)NC3C[C@]4(CCc5c(C)cccc5O4)CCC32)CC1CC#N. The van der Waals surface area contributed by atoms with E-state index in [9.17, 15) is 10.1 Å². The van der Waals surface area contributed by atoms with Gasteiger partial charge in [0, 0.05) is 44.1 Å². The van der Waals surface area contributed by atoms with Gasteiger partial charge in [0.1, 0.15) is 11.4 Å². The second kappa shape index (κ2) is 12.0. The molecule has 6 unspecified atom stereocenters. The lowest BCUT2D eigenvalue weighted by Crippen LogP contribution is -2.73. The number of hydrogen-bond acceptors (Lipinski definition) is 8. The Balaban J connectivity index is 1.21. The number of fused-ring (bicyclic) bond motifs is 2. The highest BCUT2D eigenvalue weighted by atomic mass is 16.5. The van der Waals surface area contributed by atoms with Crippen LogP contribution < -0.4 is 15.4 Å². The first-order valence-corrected chi connectivity index (χ1v) is 15.6. The van der Waals surface area contributed by atoms with Crippen molar-refractivity contribution in [3.05, 3.63) is 42.0 Å². The lowest BCUT2D eigenvalue weighted by Gasteiger charge is -2.56. The highest BCUT2D eigenvalue weighted by molar-refractivity contribution is 5.87. The largest absolute Gasteiger partial charge is 0.487 e. The average molecular weight is 563 g/mol. The minimum absolute atomic E-state index is 0.0903. The molecule has 2 N–H and O–H groups in total. The quantitative estimate of drug-likeness (QED) is 0.512. The van der Waals surface area contributed by atoms with Gasteiger partial charge in [-0.25, -0.2) is 0 Å². The molecule has 0 aromatic heterocycles. The van der Waals surface area contributed by atoms with Crippen molar-refractivity contribution in [2.24, 2.45) is 5.92 Å². The summed E-state index contributed by atoms with van der Waals surface area (Å²) in [6, 6.07) is 9.28. The molecule has 4 fully saturated rings. The van der Waals surface area contributed by atoms with Gasteiger partial charge >= 0.3 is 0 Å². The van der Waals surface area contributed by atoms with Crippen molar-refractivity contribution in [3.8, 4) is 11.8 Å². The van der Waals surface area contributed by atoms with Gasteiger partial charge in [-0.2, -0.15) is 5.26 Å². The van der Waals surface area contributed by atoms with Gasteiger partial charge in [0.05, 0.1) is 31.3 Å². The molecule has 9 nitrogen and oxygen atoms in total. The molecule has 0 radical (unpaired) electrons. The smallest absolute Gasteiger partial charge is 0.246 e. The molecule has 1 aromatic carbocycles. The van der Waals surface area contributed by atoms with E-state index in [1.54, 1.807) is 0 Å². The van der Waals surface area contributed by atoms with Gasteiger partial charge in [-0.1, -0.05) is 18.7 Å². The summed E-state index contributed by atoms with van der Waals surface area (Å²) >= 11 is 0. The highest BCUT2D eigenvalue weighted by Crippen LogP contribution is 2.46. The molecule has 4 heterocycles. The number of rotatable bonds is 6. The first-order valence-electron chi connectivity index (χ1n) is 15.6. The van der Waals surface area contributed by atoms with Crippen LogP contribution in [0, 0.1) is 24.2 Å². The van der Waals surface area contributed by atoms with E-state index < -0.39 is 0 Å². The van der Waals surface area contributed by atoms with Crippen molar-refractivity contribution in [1.29, 1.82) is 5.26 Å². The molecule has 6 rings (SSSR count). The Labute approximate surface area is 244 Å². The number of piperazine rings is 1. The van der Waals surface area contributed by atoms with Crippen LogP contribution in [0.1, 0.15) is 56.1 Å². The Hall–Kier alpha value is -2.48. The monoisotopic (exact) mass is 562 g/mol. The van der Waals surface area contributed by atoms with Crippen LogP contribution in [0.25, 0.3) is 0 Å². The van der Waals surface area contributed by atoms with Crippen molar-refractivity contribution in [3.63, 3.8) is 0 Å². The normalized spacial score (nSPS) is 35.8. The van der Waals surface area contributed by atoms with E-state index >= 15 is 0 Å². The second-order valence-electron chi connectivity index (χ2n) is 12.9. The summed E-state index contributed by atoms with van der Waals surface area (Å²) < 4.78 is 13.4. The number of aryl methyl sites for hydroxylation is 1. The first kappa shape index (κ1) is 28.6. The van der Waals surface area contributed by atoms with Crippen LogP contribution in [0.2, 0.25) is 0 Å². The molecule has 1 amide bonds. The maximum absolute atomic E-state index is 12.5. The van der Waals surface area contributed by atoms with Crippen LogP contribution in [-0.2, 0) is 16.0 Å². The lowest BCUT2D eigenvalue weighted by molar-refractivity contribution is -0.139. The maximum atomic E-state index is 12.5. The summed E-state index contributed by atoms with van der Waals surface area (Å²) in [5.74, 6) is 1.34. The highest BCUT2D eigenvalue weighted by Gasteiger charge is 2.51. The maximum Gasteiger partial charge on any atom is 0.246 e. The number of carbonyl (C=O) groups excluding carboxylic acids is 1. The zero-order valence-corrected chi connectivity index (χ0v) is 24.7. The van der Waals surface area contributed by atoms with Gasteiger partial charge in [-0.15, -0.1) is 0 Å². The van der Waals surface area contributed by atoms with Gasteiger partial charge in [-0.3, -0.25) is 20.3 Å². The molecule has 3 saturated heterocycles. The fraction of sp³-hybridized carbons (Fsp3) is 0.688. The van der Waals surface area contributed by atoms with Gasteiger partial charge in [0.2, 0.25) is 5.91 Å². The van der Waals surface area contributed by atoms with Gasteiger partial charge in [-0.05, 0) is 82.3 Å².